The molecule has 0 spiro atoms. The molecule has 1 N–H and O–H groups in total. The lowest BCUT2D eigenvalue weighted by Crippen LogP contribution is -2.43. The lowest BCUT2D eigenvalue weighted by Gasteiger charge is -2.33. The molecule has 1 atom stereocenters. The fourth-order valence-corrected chi connectivity index (χ4v) is 3.17. The summed E-state index contributed by atoms with van der Waals surface area (Å²) in [6.45, 7) is 5.40. The third-order valence-electron chi connectivity index (χ3n) is 4.77. The Morgan fingerprint density at radius 1 is 1.36 bits per heavy atom. The molecule has 3 heterocycles. The Morgan fingerprint density at radius 2 is 2.16 bits per heavy atom. The summed E-state index contributed by atoms with van der Waals surface area (Å²) in [5, 5.41) is 6.87. The molecule has 1 aliphatic carbocycles. The summed E-state index contributed by atoms with van der Waals surface area (Å²) in [4.78, 5) is 14.7. The molecule has 2 aromatic heterocycles. The summed E-state index contributed by atoms with van der Waals surface area (Å²) >= 11 is 0. The third-order valence-corrected chi connectivity index (χ3v) is 4.77. The zero-order valence-corrected chi connectivity index (χ0v) is 14.4. The molecule has 1 saturated heterocycles. The molecule has 0 aromatic carbocycles. The lowest BCUT2D eigenvalue weighted by atomic mass is 10.1. The van der Waals surface area contributed by atoms with Gasteiger partial charge in [0.1, 0.15) is 17.3 Å². The number of nitrogens with zero attached hydrogens (tertiary/aromatic N) is 2. The van der Waals surface area contributed by atoms with E-state index in [1.807, 2.05) is 19.1 Å². The molecule has 7 heteroatoms. The van der Waals surface area contributed by atoms with Crippen LogP contribution in [0.4, 0.5) is 0 Å². The maximum Gasteiger partial charge on any atom is 0.273 e. The number of furan rings is 1. The van der Waals surface area contributed by atoms with Crippen molar-refractivity contribution in [2.24, 2.45) is 0 Å². The van der Waals surface area contributed by atoms with Crippen LogP contribution in [0.2, 0.25) is 0 Å². The number of nitrogens with one attached hydrogen (secondary N) is 1. The van der Waals surface area contributed by atoms with Crippen molar-refractivity contribution in [2.45, 2.75) is 31.7 Å². The highest BCUT2D eigenvalue weighted by Crippen LogP contribution is 2.40. The lowest BCUT2D eigenvalue weighted by molar-refractivity contribution is 0.0116. The van der Waals surface area contributed by atoms with Crippen LogP contribution >= 0.6 is 0 Å². The zero-order chi connectivity index (χ0) is 17.2. The molecule has 2 aliphatic rings. The first-order valence-electron chi connectivity index (χ1n) is 8.83. The van der Waals surface area contributed by atoms with Gasteiger partial charge in [0.05, 0.1) is 19.3 Å². The molecule has 0 bridgehead atoms. The van der Waals surface area contributed by atoms with Gasteiger partial charge in [-0.15, -0.1) is 0 Å². The minimum Gasteiger partial charge on any atom is -0.465 e. The maximum absolute atomic E-state index is 12.4. The average Bonchev–Trinajstić information content (AvgIpc) is 3.20. The molecular weight excluding hydrogens is 322 g/mol. The van der Waals surface area contributed by atoms with Crippen LogP contribution in [-0.4, -0.2) is 48.8 Å². The van der Waals surface area contributed by atoms with E-state index < -0.39 is 0 Å². The highest BCUT2D eigenvalue weighted by atomic mass is 16.5. The van der Waals surface area contributed by atoms with Crippen molar-refractivity contribution in [3.63, 3.8) is 0 Å². The van der Waals surface area contributed by atoms with Crippen molar-refractivity contribution in [1.29, 1.82) is 0 Å². The van der Waals surface area contributed by atoms with Gasteiger partial charge >= 0.3 is 0 Å². The second-order valence-corrected chi connectivity index (χ2v) is 6.71. The Kier molecular flexibility index (Phi) is 4.59. The van der Waals surface area contributed by atoms with Gasteiger partial charge in [-0.25, -0.2) is 0 Å². The molecule has 7 nitrogen and oxygen atoms in total. The van der Waals surface area contributed by atoms with Crippen molar-refractivity contribution < 1.29 is 18.5 Å². The van der Waals surface area contributed by atoms with Crippen LogP contribution < -0.4 is 5.32 Å². The van der Waals surface area contributed by atoms with E-state index in [1.165, 1.54) is 0 Å². The number of morpholine rings is 1. The van der Waals surface area contributed by atoms with Gasteiger partial charge in [-0.1, -0.05) is 5.16 Å². The standard InChI is InChI=1S/C18H23N3O4/c1-12-2-5-16(24-12)15(21-6-8-23-9-7-21)11-19-18(22)14-10-17(25-20-14)13-3-4-13/h2,5,10,13,15H,3-4,6-9,11H2,1H3,(H,19,22). The van der Waals surface area contributed by atoms with Gasteiger partial charge in [0, 0.05) is 31.6 Å². The van der Waals surface area contributed by atoms with Crippen LogP contribution in [0.5, 0.6) is 0 Å². The molecule has 1 aliphatic heterocycles. The normalized spacial score (nSPS) is 19.7. The van der Waals surface area contributed by atoms with Crippen LogP contribution in [0.25, 0.3) is 0 Å². The molecule has 1 amide bonds. The third kappa shape index (κ3) is 3.77. The second kappa shape index (κ2) is 7.01. The van der Waals surface area contributed by atoms with Crippen LogP contribution in [0.1, 0.15) is 52.6 Å². The van der Waals surface area contributed by atoms with Crippen LogP contribution in [0.15, 0.2) is 27.1 Å². The monoisotopic (exact) mass is 345 g/mol. The number of hydrogen-bond donors (Lipinski definition) is 1. The number of amides is 1. The van der Waals surface area contributed by atoms with E-state index in [0.29, 0.717) is 31.4 Å². The van der Waals surface area contributed by atoms with Gasteiger partial charge in [0.15, 0.2) is 5.69 Å². The molecule has 4 rings (SSSR count). The maximum atomic E-state index is 12.4. The number of aromatic nitrogens is 1. The Hall–Kier alpha value is -2.12. The number of carbonyl (C=O) groups is 1. The molecule has 1 saturated carbocycles. The summed E-state index contributed by atoms with van der Waals surface area (Å²) in [6, 6.07) is 5.66. The molecule has 2 aromatic rings. The molecule has 1 unspecified atom stereocenters. The highest BCUT2D eigenvalue weighted by Gasteiger charge is 2.30. The highest BCUT2D eigenvalue weighted by molar-refractivity contribution is 5.92. The second-order valence-electron chi connectivity index (χ2n) is 6.71. The van der Waals surface area contributed by atoms with E-state index in [1.54, 1.807) is 6.07 Å². The molecule has 0 radical (unpaired) electrons. The summed E-state index contributed by atoms with van der Waals surface area (Å²) in [5.41, 5.74) is 0.346. The number of hydrogen-bond acceptors (Lipinski definition) is 6. The Bertz CT molecular complexity index is 728. The molecule has 2 fully saturated rings. The zero-order valence-electron chi connectivity index (χ0n) is 14.4. The van der Waals surface area contributed by atoms with Gasteiger partial charge in [-0.3, -0.25) is 9.69 Å². The smallest absolute Gasteiger partial charge is 0.273 e. The van der Waals surface area contributed by atoms with Crippen molar-refractivity contribution in [1.82, 2.24) is 15.4 Å². The fourth-order valence-electron chi connectivity index (χ4n) is 3.17. The Balaban J connectivity index is 1.43. The minimum absolute atomic E-state index is 0.0173. The van der Waals surface area contributed by atoms with Crippen molar-refractivity contribution in [2.75, 3.05) is 32.8 Å². The number of ether oxygens (including phenoxy) is 1. The number of carbonyl (C=O) groups excluding carboxylic acids is 1. The Morgan fingerprint density at radius 3 is 2.84 bits per heavy atom. The van der Waals surface area contributed by atoms with Crippen molar-refractivity contribution >= 4 is 5.91 Å². The van der Waals surface area contributed by atoms with Gasteiger partial charge in [-0.05, 0) is 31.9 Å². The van der Waals surface area contributed by atoms with Crippen LogP contribution in [0, 0.1) is 6.92 Å². The molecular formula is C18H23N3O4. The average molecular weight is 345 g/mol. The van der Waals surface area contributed by atoms with E-state index in [4.69, 9.17) is 13.7 Å². The largest absolute Gasteiger partial charge is 0.465 e. The van der Waals surface area contributed by atoms with Crippen LogP contribution in [-0.2, 0) is 4.74 Å². The predicted octanol–water partition coefficient (Wildman–Crippen LogP) is 2.26. The van der Waals surface area contributed by atoms with E-state index in [9.17, 15) is 4.79 Å². The molecule has 134 valence electrons. The predicted molar refractivity (Wildman–Crippen MR) is 89.4 cm³/mol. The number of aryl methyl sites for hydroxylation is 1. The van der Waals surface area contributed by atoms with Crippen molar-refractivity contribution in [3.8, 4) is 0 Å². The van der Waals surface area contributed by atoms with Gasteiger partial charge in [0.25, 0.3) is 5.91 Å². The van der Waals surface area contributed by atoms with Crippen molar-refractivity contribution in [3.05, 3.63) is 41.2 Å². The molecule has 25 heavy (non-hydrogen) atoms. The van der Waals surface area contributed by atoms with Gasteiger partial charge in [0.2, 0.25) is 0 Å². The topological polar surface area (TPSA) is 80.7 Å². The van der Waals surface area contributed by atoms with E-state index >= 15 is 0 Å². The SMILES string of the molecule is Cc1ccc(C(CNC(=O)c2cc(C3CC3)on2)N2CCOCC2)o1. The van der Waals surface area contributed by atoms with Gasteiger partial charge in [-0.2, -0.15) is 0 Å². The summed E-state index contributed by atoms with van der Waals surface area (Å²) in [5.74, 6) is 2.78. The number of rotatable bonds is 6. The van der Waals surface area contributed by atoms with Crippen LogP contribution in [0.3, 0.4) is 0 Å². The summed E-state index contributed by atoms with van der Waals surface area (Å²) < 4.78 is 16.5. The summed E-state index contributed by atoms with van der Waals surface area (Å²) in [7, 11) is 0. The first-order chi connectivity index (χ1) is 12.2. The van der Waals surface area contributed by atoms with Gasteiger partial charge < -0.3 is 19.0 Å². The van der Waals surface area contributed by atoms with E-state index in [0.717, 1.165) is 43.2 Å². The minimum atomic E-state index is -0.211. The fraction of sp³-hybridized carbons (Fsp3) is 0.556. The quantitative estimate of drug-likeness (QED) is 0.865. The first kappa shape index (κ1) is 16.4. The summed E-state index contributed by atoms with van der Waals surface area (Å²) in [6.07, 6.45) is 2.24. The Labute approximate surface area is 146 Å². The van der Waals surface area contributed by atoms with E-state index in [-0.39, 0.29) is 11.9 Å². The van der Waals surface area contributed by atoms with E-state index in [2.05, 4.69) is 15.4 Å². The first-order valence-corrected chi connectivity index (χ1v) is 8.83.